The number of nitrogens with zero attached hydrogens (tertiary/aromatic N) is 2. The Morgan fingerprint density at radius 2 is 1.63 bits per heavy atom. The van der Waals surface area contributed by atoms with E-state index in [9.17, 15) is 14.4 Å². The van der Waals surface area contributed by atoms with Crippen molar-refractivity contribution in [3.05, 3.63) is 111 Å². The highest BCUT2D eigenvalue weighted by molar-refractivity contribution is 7.10. The van der Waals surface area contributed by atoms with Gasteiger partial charge in [0, 0.05) is 42.7 Å². The Labute approximate surface area is 255 Å². The molecule has 2 aromatic heterocycles. The molecule has 4 aromatic rings. The molecule has 2 fully saturated rings. The Morgan fingerprint density at radius 3 is 2.26 bits per heavy atom. The summed E-state index contributed by atoms with van der Waals surface area (Å²) in [6, 6.07) is 20.6. The molecule has 43 heavy (non-hydrogen) atoms. The smallest absolute Gasteiger partial charge is 0.323 e. The van der Waals surface area contributed by atoms with E-state index in [2.05, 4.69) is 10.6 Å². The molecule has 2 saturated heterocycles. The lowest BCUT2D eigenvalue weighted by atomic mass is 9.78. The van der Waals surface area contributed by atoms with Crippen molar-refractivity contribution >= 4 is 34.7 Å². The van der Waals surface area contributed by atoms with Crippen molar-refractivity contribution in [2.75, 3.05) is 31.5 Å². The van der Waals surface area contributed by atoms with Gasteiger partial charge >= 0.3 is 6.03 Å². The first-order valence-electron chi connectivity index (χ1n) is 14.7. The highest BCUT2D eigenvalue weighted by Crippen LogP contribution is 2.53. The molecule has 2 aromatic carbocycles. The molecule has 9 heteroatoms. The number of amides is 3. The van der Waals surface area contributed by atoms with Gasteiger partial charge in [-0.3, -0.25) is 9.59 Å². The summed E-state index contributed by atoms with van der Waals surface area (Å²) in [5.41, 5.74) is 3.47. The number of carbonyl (C=O) groups is 3. The number of carbonyl (C=O) groups excluding carboxylic acids is 3. The van der Waals surface area contributed by atoms with Crippen LogP contribution in [-0.2, 0) is 4.79 Å². The third-order valence-electron chi connectivity index (χ3n) is 8.52. The minimum Gasteiger partial charge on any atom is -0.458 e. The van der Waals surface area contributed by atoms with Gasteiger partial charge in [-0.15, -0.1) is 11.3 Å². The Kier molecular flexibility index (Phi) is 8.19. The van der Waals surface area contributed by atoms with Gasteiger partial charge in [0.2, 0.25) is 11.7 Å². The number of thiophene rings is 1. The Bertz CT molecular complexity index is 1610. The molecule has 0 radical (unpaired) electrons. The Balaban J connectivity index is 1.57. The van der Waals surface area contributed by atoms with E-state index in [1.807, 2.05) is 84.8 Å². The van der Waals surface area contributed by atoms with Crippen molar-refractivity contribution in [1.82, 2.24) is 15.1 Å². The molecule has 4 heterocycles. The van der Waals surface area contributed by atoms with Gasteiger partial charge < -0.3 is 24.9 Å². The van der Waals surface area contributed by atoms with Crippen LogP contribution in [0, 0.1) is 26.7 Å². The van der Waals surface area contributed by atoms with Crippen LogP contribution >= 0.6 is 11.3 Å². The summed E-state index contributed by atoms with van der Waals surface area (Å²) in [4.78, 5) is 48.2. The van der Waals surface area contributed by atoms with Gasteiger partial charge in [0.15, 0.2) is 5.76 Å². The zero-order valence-electron chi connectivity index (χ0n) is 24.6. The standard InChI is InChI=1S/C34H36N4O4S/c1-21-9-12-24(13-10-21)29-27(31(39)26-14-11-23(3)42-26)28(32-22(2)15-20-43-32)30(33(40)37-18-16-35-17-19-37)38(29)34(41)36-25-7-5-4-6-8-25/h4-15,20,27-30,35H,16-19H2,1-3H3,(H,36,41). The van der Waals surface area contributed by atoms with Gasteiger partial charge in [-0.05, 0) is 67.6 Å². The molecule has 4 unspecified atom stereocenters. The summed E-state index contributed by atoms with van der Waals surface area (Å²) in [6.07, 6.45) is 0. The monoisotopic (exact) mass is 596 g/mol. The van der Waals surface area contributed by atoms with Gasteiger partial charge in [0.05, 0.1) is 12.0 Å². The molecule has 0 saturated carbocycles. The second kappa shape index (κ2) is 12.2. The van der Waals surface area contributed by atoms with E-state index in [0.29, 0.717) is 37.6 Å². The average Bonchev–Trinajstić information content (AvgIpc) is 3.74. The van der Waals surface area contributed by atoms with Crippen molar-refractivity contribution in [3.8, 4) is 0 Å². The van der Waals surface area contributed by atoms with Crippen LogP contribution in [0.5, 0.6) is 0 Å². The molecule has 2 aliphatic rings. The zero-order chi connectivity index (χ0) is 30.1. The molecule has 0 aliphatic carbocycles. The highest BCUT2D eigenvalue weighted by atomic mass is 32.1. The number of furan rings is 1. The summed E-state index contributed by atoms with van der Waals surface area (Å²) in [5.74, 6) is -0.839. The molecular weight excluding hydrogens is 560 g/mol. The second-order valence-corrected chi connectivity index (χ2v) is 12.3. The van der Waals surface area contributed by atoms with Crippen LogP contribution in [0.4, 0.5) is 10.5 Å². The van der Waals surface area contributed by atoms with Gasteiger partial charge in [-0.1, -0.05) is 48.0 Å². The molecule has 222 valence electrons. The number of piperazine rings is 1. The van der Waals surface area contributed by atoms with E-state index in [1.54, 1.807) is 24.0 Å². The number of aryl methyl sites for hydroxylation is 3. The second-order valence-electron chi connectivity index (χ2n) is 11.4. The number of para-hydroxylation sites is 1. The van der Waals surface area contributed by atoms with E-state index in [0.717, 1.165) is 21.6 Å². The molecule has 4 atom stereocenters. The van der Waals surface area contributed by atoms with Crippen molar-refractivity contribution < 1.29 is 18.8 Å². The summed E-state index contributed by atoms with van der Waals surface area (Å²) in [6.45, 7) is 8.22. The van der Waals surface area contributed by atoms with E-state index < -0.39 is 30.0 Å². The number of nitrogens with one attached hydrogen (secondary N) is 2. The van der Waals surface area contributed by atoms with Gasteiger partial charge in [0.25, 0.3) is 0 Å². The minimum absolute atomic E-state index is 0.148. The molecule has 2 N–H and O–H groups in total. The molecule has 0 spiro atoms. The summed E-state index contributed by atoms with van der Waals surface area (Å²) in [5, 5.41) is 8.34. The number of benzene rings is 2. The normalized spacial score (nSPS) is 22.0. The van der Waals surface area contributed by atoms with E-state index in [1.165, 1.54) is 11.3 Å². The van der Waals surface area contributed by atoms with Crippen molar-refractivity contribution in [2.45, 2.75) is 38.8 Å². The van der Waals surface area contributed by atoms with Crippen LogP contribution in [0.3, 0.4) is 0 Å². The van der Waals surface area contributed by atoms with Crippen LogP contribution in [0.25, 0.3) is 0 Å². The predicted molar refractivity (Wildman–Crippen MR) is 168 cm³/mol. The zero-order valence-corrected chi connectivity index (χ0v) is 25.4. The van der Waals surface area contributed by atoms with Crippen molar-refractivity contribution in [3.63, 3.8) is 0 Å². The molecule has 3 amide bonds. The molecule has 6 rings (SSSR count). The quantitative estimate of drug-likeness (QED) is 0.269. The lowest BCUT2D eigenvalue weighted by molar-refractivity contribution is -0.136. The topological polar surface area (TPSA) is 94.9 Å². The molecule has 2 aliphatic heterocycles. The summed E-state index contributed by atoms with van der Waals surface area (Å²) in [7, 11) is 0. The van der Waals surface area contributed by atoms with Crippen LogP contribution in [0.2, 0.25) is 0 Å². The van der Waals surface area contributed by atoms with Crippen LogP contribution in [-0.4, -0.2) is 59.7 Å². The van der Waals surface area contributed by atoms with E-state index in [4.69, 9.17) is 4.42 Å². The maximum atomic E-state index is 14.7. The first kappa shape index (κ1) is 28.9. The van der Waals surface area contributed by atoms with Gasteiger partial charge in [0.1, 0.15) is 11.8 Å². The van der Waals surface area contributed by atoms with Crippen molar-refractivity contribution in [2.24, 2.45) is 5.92 Å². The van der Waals surface area contributed by atoms with Crippen molar-refractivity contribution in [1.29, 1.82) is 0 Å². The molecule has 8 nitrogen and oxygen atoms in total. The highest BCUT2D eigenvalue weighted by Gasteiger charge is 2.59. The SMILES string of the molecule is Cc1ccc(C2C(C(=O)c3ccc(C)o3)C(c3sccc3C)C(C(=O)N3CCNCC3)N2C(=O)Nc2ccccc2)cc1. The lowest BCUT2D eigenvalue weighted by Gasteiger charge is -2.36. The maximum absolute atomic E-state index is 14.7. The van der Waals surface area contributed by atoms with E-state index in [-0.39, 0.29) is 17.5 Å². The fourth-order valence-electron chi connectivity index (χ4n) is 6.42. The number of likely N-dealkylation sites (tertiary alicyclic amines) is 1. The van der Waals surface area contributed by atoms with Gasteiger partial charge in [-0.2, -0.15) is 0 Å². The largest absolute Gasteiger partial charge is 0.458 e. The maximum Gasteiger partial charge on any atom is 0.323 e. The van der Waals surface area contributed by atoms with Crippen LogP contribution in [0.1, 0.15) is 49.8 Å². The summed E-state index contributed by atoms with van der Waals surface area (Å²) < 4.78 is 5.89. The Morgan fingerprint density at radius 1 is 0.907 bits per heavy atom. The number of rotatable bonds is 6. The number of Topliss-reactive ketones (excluding diaryl/α,β-unsaturated/α-hetero) is 1. The fraction of sp³-hybridized carbons (Fsp3) is 0.324. The number of anilines is 1. The predicted octanol–water partition coefficient (Wildman–Crippen LogP) is 5.94. The third-order valence-corrected chi connectivity index (χ3v) is 9.64. The molecular formula is C34H36N4O4S. The van der Waals surface area contributed by atoms with Crippen LogP contribution < -0.4 is 10.6 Å². The number of ketones is 1. The lowest BCUT2D eigenvalue weighted by Crippen LogP contribution is -2.55. The minimum atomic E-state index is -0.907. The first-order valence-corrected chi connectivity index (χ1v) is 15.6. The number of hydrogen-bond acceptors (Lipinski definition) is 6. The molecule has 0 bridgehead atoms. The Hall–Kier alpha value is -4.21. The third kappa shape index (κ3) is 5.62. The fourth-order valence-corrected chi connectivity index (χ4v) is 7.53. The van der Waals surface area contributed by atoms with E-state index >= 15 is 0 Å². The number of urea groups is 1. The van der Waals surface area contributed by atoms with Crippen LogP contribution in [0.15, 0.2) is 82.6 Å². The average molecular weight is 597 g/mol. The number of hydrogen-bond donors (Lipinski definition) is 2. The first-order chi connectivity index (χ1) is 20.8. The summed E-state index contributed by atoms with van der Waals surface area (Å²) >= 11 is 1.53. The van der Waals surface area contributed by atoms with Gasteiger partial charge in [-0.25, -0.2) is 4.79 Å².